The third-order valence-electron chi connectivity index (χ3n) is 11.4. The van der Waals surface area contributed by atoms with Crippen molar-refractivity contribution in [1.82, 2.24) is 34.9 Å². The third-order valence-corrected chi connectivity index (χ3v) is 11.4. The summed E-state index contributed by atoms with van der Waals surface area (Å²) in [5.41, 5.74) is 10.4. The Morgan fingerprint density at radius 3 is 1.13 bits per heavy atom. The van der Waals surface area contributed by atoms with Gasteiger partial charge in [0.25, 0.3) is 0 Å². The second-order valence-corrected chi connectivity index (χ2v) is 15.0. The first-order valence-electron chi connectivity index (χ1n) is 19.9. The Labute approximate surface area is 343 Å². The van der Waals surface area contributed by atoms with E-state index in [4.69, 9.17) is 24.9 Å². The Bertz CT molecular complexity index is 3350. The predicted octanol–water partition coefficient (Wildman–Crippen LogP) is 12.7. The van der Waals surface area contributed by atoms with Gasteiger partial charge in [-0.2, -0.15) is 0 Å². The maximum absolute atomic E-state index is 5.30. The lowest BCUT2D eigenvalue weighted by Crippen LogP contribution is -2.01. The van der Waals surface area contributed by atoms with E-state index in [1.165, 1.54) is 0 Å². The zero-order valence-electron chi connectivity index (χ0n) is 32.0. The number of aromatic nitrogens is 7. The molecule has 0 aliphatic carbocycles. The molecule has 0 spiro atoms. The number of rotatable bonds is 5. The van der Waals surface area contributed by atoms with Crippen LogP contribution in [0.5, 0.6) is 0 Å². The smallest absolute Gasteiger partial charge is 0.164 e. The first kappa shape index (κ1) is 33.8. The molecule has 0 unspecified atom stereocenters. The molecule has 0 aliphatic heterocycles. The number of benzene rings is 7. The van der Waals surface area contributed by atoms with Gasteiger partial charge in [-0.3, -0.25) is 19.9 Å². The van der Waals surface area contributed by atoms with Crippen LogP contribution < -0.4 is 0 Å². The zero-order chi connectivity index (χ0) is 39.6. The van der Waals surface area contributed by atoms with Gasteiger partial charge in [-0.05, 0) is 111 Å². The highest BCUT2D eigenvalue weighted by Gasteiger charge is 2.20. The molecule has 0 radical (unpaired) electrons. The Balaban J connectivity index is 1.18. The Morgan fingerprint density at radius 1 is 0.250 bits per heavy atom. The topological polar surface area (TPSA) is 90.2 Å². The summed E-state index contributed by atoms with van der Waals surface area (Å²) in [6.07, 6.45) is 7.34. The van der Waals surface area contributed by atoms with E-state index in [2.05, 4.69) is 137 Å². The lowest BCUT2D eigenvalue weighted by Gasteiger charge is -2.17. The molecule has 0 saturated heterocycles. The van der Waals surface area contributed by atoms with Crippen molar-refractivity contribution in [3.8, 4) is 56.4 Å². The molecule has 7 heteroatoms. The van der Waals surface area contributed by atoms with Gasteiger partial charge in [-0.25, -0.2) is 15.0 Å². The van der Waals surface area contributed by atoms with Crippen LogP contribution in [0.1, 0.15) is 0 Å². The third kappa shape index (κ3) is 5.71. The van der Waals surface area contributed by atoms with Crippen molar-refractivity contribution in [3.05, 3.63) is 189 Å². The first-order chi connectivity index (χ1) is 29.7. The van der Waals surface area contributed by atoms with E-state index in [9.17, 15) is 0 Å². The maximum atomic E-state index is 5.30. The van der Waals surface area contributed by atoms with E-state index in [1.807, 2.05) is 61.2 Å². The largest absolute Gasteiger partial charge is 0.256 e. The molecule has 5 aromatic heterocycles. The van der Waals surface area contributed by atoms with Crippen LogP contribution in [0.15, 0.2) is 189 Å². The molecule has 5 heterocycles. The summed E-state index contributed by atoms with van der Waals surface area (Å²) < 4.78 is 0. The molecule has 0 bridgehead atoms. The highest BCUT2D eigenvalue weighted by molar-refractivity contribution is 6.15. The number of fused-ring (bicyclic) bond motifs is 6. The predicted molar refractivity (Wildman–Crippen MR) is 243 cm³/mol. The quantitative estimate of drug-likeness (QED) is 0.161. The molecule has 60 heavy (non-hydrogen) atoms. The standard InChI is InChI=1S/C53H31N7/c1-3-13-41-34(9-1)28-47-43(15-7-23-56-47)49(41)38-25-39(50-42-14-4-2-10-35(42)29-48-44(50)16-8-24-57-48)27-40(26-38)53-59-51(36-19-17-32-11-5-21-54-45(32)30-36)58-52(60-53)37-20-18-33-12-6-22-55-46(33)31-37/h1-31H. The normalized spacial score (nSPS) is 11.7. The molecule has 0 atom stereocenters. The van der Waals surface area contributed by atoms with Crippen LogP contribution in [0.3, 0.4) is 0 Å². The molecule has 12 rings (SSSR count). The van der Waals surface area contributed by atoms with Crippen LogP contribution in [0, 0.1) is 0 Å². The van der Waals surface area contributed by atoms with Crippen molar-refractivity contribution in [2.45, 2.75) is 0 Å². The molecular formula is C53H31N7. The number of hydrogen-bond donors (Lipinski definition) is 0. The molecule has 0 amide bonds. The average Bonchev–Trinajstić information content (AvgIpc) is 3.31. The molecule has 12 aromatic rings. The minimum atomic E-state index is 0.547. The van der Waals surface area contributed by atoms with E-state index in [0.29, 0.717) is 17.5 Å². The molecule has 7 aromatic carbocycles. The maximum Gasteiger partial charge on any atom is 0.164 e. The fourth-order valence-electron chi connectivity index (χ4n) is 8.62. The fourth-order valence-corrected chi connectivity index (χ4v) is 8.62. The Kier molecular flexibility index (Phi) is 7.71. The van der Waals surface area contributed by atoms with Crippen molar-refractivity contribution >= 4 is 65.2 Å². The minimum Gasteiger partial charge on any atom is -0.256 e. The minimum absolute atomic E-state index is 0.547. The number of hydrogen-bond acceptors (Lipinski definition) is 7. The van der Waals surface area contributed by atoms with Gasteiger partial charge in [0, 0.05) is 63.0 Å². The summed E-state index contributed by atoms with van der Waals surface area (Å²) >= 11 is 0. The summed E-state index contributed by atoms with van der Waals surface area (Å²) in [5.74, 6) is 1.65. The van der Waals surface area contributed by atoms with Crippen LogP contribution in [0.2, 0.25) is 0 Å². The van der Waals surface area contributed by atoms with Crippen LogP contribution in [0.25, 0.3) is 122 Å². The van der Waals surface area contributed by atoms with E-state index in [1.54, 1.807) is 0 Å². The average molecular weight is 766 g/mol. The van der Waals surface area contributed by atoms with Crippen molar-refractivity contribution in [2.75, 3.05) is 0 Å². The van der Waals surface area contributed by atoms with Gasteiger partial charge >= 0.3 is 0 Å². The molecule has 278 valence electrons. The highest BCUT2D eigenvalue weighted by atomic mass is 15.0. The molecule has 0 saturated carbocycles. The molecular weight excluding hydrogens is 735 g/mol. The van der Waals surface area contributed by atoms with E-state index in [-0.39, 0.29) is 0 Å². The van der Waals surface area contributed by atoms with Crippen LogP contribution in [-0.4, -0.2) is 34.9 Å². The number of nitrogens with zero attached hydrogens (tertiary/aromatic N) is 7. The Morgan fingerprint density at radius 2 is 0.633 bits per heavy atom. The summed E-state index contributed by atoms with van der Waals surface area (Å²) in [4.78, 5) is 34.7. The van der Waals surface area contributed by atoms with Crippen molar-refractivity contribution in [3.63, 3.8) is 0 Å². The second kappa shape index (κ2) is 13.7. The van der Waals surface area contributed by atoms with Gasteiger partial charge < -0.3 is 0 Å². The van der Waals surface area contributed by atoms with Crippen LogP contribution >= 0.6 is 0 Å². The summed E-state index contributed by atoms with van der Waals surface area (Å²) in [7, 11) is 0. The van der Waals surface area contributed by atoms with Crippen molar-refractivity contribution in [2.24, 2.45) is 0 Å². The highest BCUT2D eigenvalue weighted by Crippen LogP contribution is 2.43. The molecule has 0 N–H and O–H groups in total. The first-order valence-corrected chi connectivity index (χ1v) is 19.9. The number of pyridine rings is 4. The van der Waals surface area contributed by atoms with E-state index < -0.39 is 0 Å². The fraction of sp³-hybridized carbons (Fsp3) is 0. The van der Waals surface area contributed by atoms with Gasteiger partial charge in [-0.15, -0.1) is 0 Å². The summed E-state index contributed by atoms with van der Waals surface area (Å²) in [5, 5.41) is 8.71. The van der Waals surface area contributed by atoms with Gasteiger partial charge in [0.2, 0.25) is 0 Å². The lowest BCUT2D eigenvalue weighted by atomic mass is 9.88. The molecule has 0 aliphatic rings. The monoisotopic (exact) mass is 765 g/mol. The summed E-state index contributed by atoms with van der Waals surface area (Å²) in [6, 6.07) is 56.9. The van der Waals surface area contributed by atoms with Crippen molar-refractivity contribution in [1.29, 1.82) is 0 Å². The molecule has 0 fully saturated rings. The van der Waals surface area contributed by atoms with Crippen LogP contribution in [-0.2, 0) is 0 Å². The lowest BCUT2D eigenvalue weighted by molar-refractivity contribution is 1.07. The second-order valence-electron chi connectivity index (χ2n) is 15.0. The zero-order valence-corrected chi connectivity index (χ0v) is 32.0. The van der Waals surface area contributed by atoms with E-state index >= 15 is 0 Å². The SMILES string of the molecule is c1cnc2cc(-c3nc(-c4cc(-c5c6ccccc6cc6ncccc56)cc(-c5c6ccccc6cc6ncccc56)c4)nc(-c4ccc5cccnc5c4)n3)ccc2c1. The molecule has 7 nitrogen and oxygen atoms in total. The van der Waals surface area contributed by atoms with Gasteiger partial charge in [0.1, 0.15) is 0 Å². The van der Waals surface area contributed by atoms with Crippen LogP contribution in [0.4, 0.5) is 0 Å². The van der Waals surface area contributed by atoms with E-state index in [0.717, 1.165) is 104 Å². The van der Waals surface area contributed by atoms with Crippen molar-refractivity contribution < 1.29 is 0 Å². The van der Waals surface area contributed by atoms with Gasteiger partial charge in [0.15, 0.2) is 17.5 Å². The van der Waals surface area contributed by atoms with Gasteiger partial charge in [-0.1, -0.05) is 97.1 Å². The summed E-state index contributed by atoms with van der Waals surface area (Å²) in [6.45, 7) is 0. The van der Waals surface area contributed by atoms with Gasteiger partial charge in [0.05, 0.1) is 22.1 Å². The Hall–Kier alpha value is -8.29.